The van der Waals surface area contributed by atoms with Crippen molar-refractivity contribution >= 4 is 5.52 Å². The summed E-state index contributed by atoms with van der Waals surface area (Å²) in [6.07, 6.45) is 4.35. The molecule has 2 aromatic heterocycles. The van der Waals surface area contributed by atoms with Gasteiger partial charge in [0.1, 0.15) is 11.6 Å². The number of benzene rings is 1. The molecule has 1 aliphatic rings. The van der Waals surface area contributed by atoms with Crippen LogP contribution in [0.2, 0.25) is 0 Å². The molecule has 0 N–H and O–H groups in total. The second kappa shape index (κ2) is 6.36. The van der Waals surface area contributed by atoms with E-state index in [9.17, 15) is 4.39 Å². The first kappa shape index (κ1) is 15.3. The predicted molar refractivity (Wildman–Crippen MR) is 93.6 cm³/mol. The van der Waals surface area contributed by atoms with Crippen molar-refractivity contribution in [2.24, 2.45) is 0 Å². The van der Waals surface area contributed by atoms with Gasteiger partial charge in [-0.3, -0.25) is 4.90 Å². The highest BCUT2D eigenvalue weighted by molar-refractivity contribution is 5.54. The first-order chi connectivity index (χ1) is 11.7. The lowest BCUT2D eigenvalue weighted by molar-refractivity contribution is 0.197. The van der Waals surface area contributed by atoms with Crippen LogP contribution in [0.25, 0.3) is 5.52 Å². The average molecular weight is 323 g/mol. The van der Waals surface area contributed by atoms with E-state index in [4.69, 9.17) is 4.98 Å². The fraction of sp³-hybridized carbons (Fsp3) is 0.350. The zero-order chi connectivity index (χ0) is 16.5. The number of hydrogen-bond donors (Lipinski definition) is 0. The molecular formula is C20H22FN3. The molecule has 0 bridgehead atoms. The lowest BCUT2D eigenvalue weighted by Gasteiger charge is -2.32. The lowest BCUT2D eigenvalue weighted by atomic mass is 9.93. The minimum Gasteiger partial charge on any atom is -0.304 e. The lowest BCUT2D eigenvalue weighted by Crippen LogP contribution is -2.34. The molecule has 4 heteroatoms. The third-order valence-electron chi connectivity index (χ3n) is 5.00. The third-order valence-corrected chi connectivity index (χ3v) is 5.00. The van der Waals surface area contributed by atoms with Crippen LogP contribution in [0.1, 0.15) is 35.8 Å². The van der Waals surface area contributed by atoms with Gasteiger partial charge in [-0.2, -0.15) is 0 Å². The number of likely N-dealkylation sites (tertiary alicyclic amines) is 1. The van der Waals surface area contributed by atoms with E-state index < -0.39 is 0 Å². The van der Waals surface area contributed by atoms with Crippen LogP contribution in [0.5, 0.6) is 0 Å². The van der Waals surface area contributed by atoms with Gasteiger partial charge in [0.25, 0.3) is 0 Å². The summed E-state index contributed by atoms with van der Waals surface area (Å²) in [5, 5.41) is 0. The highest BCUT2D eigenvalue weighted by Gasteiger charge is 2.25. The molecule has 3 nitrogen and oxygen atoms in total. The van der Waals surface area contributed by atoms with Gasteiger partial charge in [-0.25, -0.2) is 9.37 Å². The van der Waals surface area contributed by atoms with Gasteiger partial charge in [0.05, 0.1) is 11.2 Å². The van der Waals surface area contributed by atoms with Crippen molar-refractivity contribution in [2.45, 2.75) is 32.2 Å². The van der Waals surface area contributed by atoms with Gasteiger partial charge < -0.3 is 4.40 Å². The smallest absolute Gasteiger partial charge is 0.127 e. The molecule has 0 amide bonds. The molecule has 1 unspecified atom stereocenters. The van der Waals surface area contributed by atoms with Crippen molar-refractivity contribution in [3.8, 4) is 0 Å². The SMILES string of the molecule is Cc1nc(C2CCCN(Cc3ccccc3F)C2)c2ccccn12. The largest absolute Gasteiger partial charge is 0.304 e. The van der Waals surface area contributed by atoms with Crippen LogP contribution in [-0.4, -0.2) is 27.4 Å². The number of aromatic nitrogens is 2. The molecule has 0 aliphatic carbocycles. The molecule has 4 rings (SSSR count). The molecule has 1 aromatic carbocycles. The van der Waals surface area contributed by atoms with E-state index in [-0.39, 0.29) is 5.82 Å². The number of pyridine rings is 1. The van der Waals surface area contributed by atoms with Crippen LogP contribution >= 0.6 is 0 Å². The maximum Gasteiger partial charge on any atom is 0.127 e. The Hall–Kier alpha value is -2.20. The molecular weight excluding hydrogens is 301 g/mol. The highest BCUT2D eigenvalue weighted by Crippen LogP contribution is 2.30. The average Bonchev–Trinajstić information content (AvgIpc) is 2.95. The van der Waals surface area contributed by atoms with E-state index in [1.165, 1.54) is 11.2 Å². The van der Waals surface area contributed by atoms with E-state index in [0.29, 0.717) is 12.5 Å². The van der Waals surface area contributed by atoms with E-state index in [1.807, 2.05) is 18.2 Å². The highest BCUT2D eigenvalue weighted by atomic mass is 19.1. The maximum absolute atomic E-state index is 13.9. The van der Waals surface area contributed by atoms with Crippen LogP contribution in [0.4, 0.5) is 4.39 Å². The topological polar surface area (TPSA) is 20.5 Å². The molecule has 0 spiro atoms. The second-order valence-electron chi connectivity index (χ2n) is 6.67. The minimum atomic E-state index is -0.108. The van der Waals surface area contributed by atoms with E-state index in [1.54, 1.807) is 12.1 Å². The maximum atomic E-state index is 13.9. The molecule has 1 atom stereocenters. The molecule has 0 saturated carbocycles. The summed E-state index contributed by atoms with van der Waals surface area (Å²) in [7, 11) is 0. The summed E-state index contributed by atoms with van der Waals surface area (Å²) in [5.41, 5.74) is 3.17. The molecule has 1 aliphatic heterocycles. The quantitative estimate of drug-likeness (QED) is 0.721. The van der Waals surface area contributed by atoms with Crippen LogP contribution < -0.4 is 0 Å². The molecule has 24 heavy (non-hydrogen) atoms. The zero-order valence-electron chi connectivity index (χ0n) is 14.0. The molecule has 3 aromatic rings. The Balaban J connectivity index is 1.57. The number of rotatable bonds is 3. The van der Waals surface area contributed by atoms with Crippen molar-refractivity contribution in [2.75, 3.05) is 13.1 Å². The fourth-order valence-electron chi connectivity index (χ4n) is 3.81. The number of fused-ring (bicyclic) bond motifs is 1. The standard InChI is InChI=1S/C20H22FN3/c1-15-22-20(19-10-4-5-12-24(15)19)17-8-6-11-23(14-17)13-16-7-2-3-9-18(16)21/h2-5,7,9-10,12,17H,6,8,11,13-14H2,1H3. The van der Waals surface area contributed by atoms with Crippen molar-refractivity contribution < 1.29 is 4.39 Å². The summed E-state index contributed by atoms with van der Waals surface area (Å²) in [4.78, 5) is 7.19. The van der Waals surface area contributed by atoms with Crippen molar-refractivity contribution in [1.82, 2.24) is 14.3 Å². The van der Waals surface area contributed by atoms with Crippen LogP contribution in [0, 0.1) is 12.7 Å². The Morgan fingerprint density at radius 2 is 2.00 bits per heavy atom. The molecule has 1 saturated heterocycles. The van der Waals surface area contributed by atoms with Gasteiger partial charge in [-0.05, 0) is 44.5 Å². The Morgan fingerprint density at radius 1 is 1.17 bits per heavy atom. The van der Waals surface area contributed by atoms with Gasteiger partial charge in [0, 0.05) is 30.8 Å². The summed E-state index contributed by atoms with van der Waals surface area (Å²) in [5.74, 6) is 1.34. The molecule has 124 valence electrons. The Labute approximate surface area is 141 Å². The minimum absolute atomic E-state index is 0.108. The Bertz CT molecular complexity index is 855. The number of imidazole rings is 1. The van der Waals surface area contributed by atoms with E-state index in [2.05, 4.69) is 34.6 Å². The first-order valence-electron chi connectivity index (χ1n) is 8.62. The van der Waals surface area contributed by atoms with Crippen LogP contribution in [0.15, 0.2) is 48.7 Å². The van der Waals surface area contributed by atoms with Crippen molar-refractivity contribution in [3.05, 3.63) is 71.6 Å². The van der Waals surface area contributed by atoms with Gasteiger partial charge in [0.15, 0.2) is 0 Å². The molecule has 0 radical (unpaired) electrons. The van der Waals surface area contributed by atoms with Gasteiger partial charge in [-0.1, -0.05) is 24.3 Å². The van der Waals surface area contributed by atoms with Gasteiger partial charge >= 0.3 is 0 Å². The van der Waals surface area contributed by atoms with Gasteiger partial charge in [-0.15, -0.1) is 0 Å². The number of nitrogens with zero attached hydrogens (tertiary/aromatic N) is 3. The summed E-state index contributed by atoms with van der Waals surface area (Å²) in [6.45, 7) is 4.69. The Kier molecular flexibility index (Phi) is 4.07. The number of halogens is 1. The Morgan fingerprint density at radius 3 is 2.88 bits per heavy atom. The van der Waals surface area contributed by atoms with Crippen LogP contribution in [0.3, 0.4) is 0 Å². The van der Waals surface area contributed by atoms with E-state index in [0.717, 1.165) is 37.3 Å². The second-order valence-corrected chi connectivity index (χ2v) is 6.67. The number of hydrogen-bond acceptors (Lipinski definition) is 2. The zero-order valence-corrected chi connectivity index (χ0v) is 14.0. The monoisotopic (exact) mass is 323 g/mol. The van der Waals surface area contributed by atoms with E-state index >= 15 is 0 Å². The first-order valence-corrected chi connectivity index (χ1v) is 8.62. The summed E-state index contributed by atoms with van der Waals surface area (Å²) in [6, 6.07) is 13.3. The molecule has 1 fully saturated rings. The predicted octanol–water partition coefficient (Wildman–Crippen LogP) is 4.16. The van der Waals surface area contributed by atoms with Crippen molar-refractivity contribution in [1.29, 1.82) is 0 Å². The normalized spacial score (nSPS) is 19.0. The van der Waals surface area contributed by atoms with Crippen molar-refractivity contribution in [3.63, 3.8) is 0 Å². The van der Waals surface area contributed by atoms with Crippen LogP contribution in [-0.2, 0) is 6.54 Å². The number of piperidine rings is 1. The third kappa shape index (κ3) is 2.82. The summed E-state index contributed by atoms with van der Waals surface area (Å²) >= 11 is 0. The fourth-order valence-corrected chi connectivity index (χ4v) is 3.81. The number of aryl methyl sites for hydroxylation is 1. The van der Waals surface area contributed by atoms with Gasteiger partial charge in [0.2, 0.25) is 0 Å². The molecule has 3 heterocycles. The summed E-state index contributed by atoms with van der Waals surface area (Å²) < 4.78 is 16.1.